The summed E-state index contributed by atoms with van der Waals surface area (Å²) in [6.07, 6.45) is 3.89. The second-order valence-electron chi connectivity index (χ2n) is 8.20. The van der Waals surface area contributed by atoms with Gasteiger partial charge in [0.2, 0.25) is 0 Å². The van der Waals surface area contributed by atoms with E-state index in [1.54, 1.807) is 20.3 Å². The predicted molar refractivity (Wildman–Crippen MR) is 120 cm³/mol. The molecule has 0 aliphatic carbocycles. The summed E-state index contributed by atoms with van der Waals surface area (Å²) in [6, 6.07) is 11.5. The largest absolute Gasteiger partial charge is 0.507 e. The Morgan fingerprint density at radius 3 is 2.55 bits per heavy atom. The highest BCUT2D eigenvalue weighted by Crippen LogP contribution is 2.40. The maximum absolute atomic E-state index is 10.7. The zero-order valence-corrected chi connectivity index (χ0v) is 18.4. The summed E-state index contributed by atoms with van der Waals surface area (Å²) in [5.74, 6) is 2.48. The van der Waals surface area contributed by atoms with Crippen LogP contribution in [0.5, 0.6) is 23.0 Å². The van der Waals surface area contributed by atoms with Crippen LogP contribution in [0, 0.1) is 0 Å². The van der Waals surface area contributed by atoms with E-state index in [1.807, 2.05) is 30.3 Å². The molecule has 2 aliphatic heterocycles. The van der Waals surface area contributed by atoms with Gasteiger partial charge in [-0.05, 0) is 49.7 Å². The van der Waals surface area contributed by atoms with Crippen molar-refractivity contribution in [3.8, 4) is 23.0 Å². The van der Waals surface area contributed by atoms with Gasteiger partial charge in [-0.15, -0.1) is 0 Å². The highest BCUT2D eigenvalue weighted by molar-refractivity contribution is 5.47. The number of likely N-dealkylation sites (tertiary alicyclic amines) is 1. The van der Waals surface area contributed by atoms with Gasteiger partial charge in [0.1, 0.15) is 18.1 Å². The van der Waals surface area contributed by atoms with E-state index in [4.69, 9.17) is 14.2 Å². The average Bonchev–Trinajstić information content (AvgIpc) is 3.29. The Kier molecular flexibility index (Phi) is 7.17. The standard InChI is InChI=1S/C24H33N3O4/c1-29-22-9-6-17(14-23(22)30-2)20-16-25-26-24(20)19-8-7-18(15-21(19)28)31-13-12-27-10-4-3-5-11-27/h6-9,14-15,20,24-26,28H,3-5,10-13,16H2,1-2H3. The Bertz CT molecular complexity index is 870. The van der Waals surface area contributed by atoms with Crippen LogP contribution in [-0.2, 0) is 0 Å². The van der Waals surface area contributed by atoms with E-state index < -0.39 is 0 Å². The van der Waals surface area contributed by atoms with Crippen molar-refractivity contribution in [2.75, 3.05) is 47.0 Å². The van der Waals surface area contributed by atoms with Gasteiger partial charge in [0, 0.05) is 30.6 Å². The van der Waals surface area contributed by atoms with Crippen molar-refractivity contribution in [2.45, 2.75) is 31.2 Å². The molecule has 2 aliphatic rings. The van der Waals surface area contributed by atoms with E-state index >= 15 is 0 Å². The van der Waals surface area contributed by atoms with E-state index in [1.165, 1.54) is 19.3 Å². The Hall–Kier alpha value is -2.48. The lowest BCUT2D eigenvalue weighted by molar-refractivity contribution is 0.183. The van der Waals surface area contributed by atoms with Gasteiger partial charge in [-0.25, -0.2) is 5.43 Å². The molecule has 2 unspecified atom stereocenters. The van der Waals surface area contributed by atoms with Gasteiger partial charge in [-0.1, -0.05) is 18.6 Å². The summed E-state index contributed by atoms with van der Waals surface area (Å²) in [5, 5.41) is 10.7. The fourth-order valence-corrected chi connectivity index (χ4v) is 4.54. The maximum atomic E-state index is 10.7. The molecule has 0 saturated carbocycles. The molecule has 2 heterocycles. The van der Waals surface area contributed by atoms with Crippen molar-refractivity contribution < 1.29 is 19.3 Å². The van der Waals surface area contributed by atoms with Crippen LogP contribution in [0.15, 0.2) is 36.4 Å². The van der Waals surface area contributed by atoms with Crippen LogP contribution in [-0.4, -0.2) is 57.0 Å². The average molecular weight is 428 g/mol. The SMILES string of the molecule is COc1ccc(C2CNNC2c2ccc(OCCN3CCCCC3)cc2O)cc1OC. The minimum Gasteiger partial charge on any atom is -0.507 e. The van der Waals surface area contributed by atoms with E-state index in [0.29, 0.717) is 23.9 Å². The zero-order valence-electron chi connectivity index (χ0n) is 18.4. The fourth-order valence-electron chi connectivity index (χ4n) is 4.54. The molecule has 4 rings (SSSR count). The van der Waals surface area contributed by atoms with Gasteiger partial charge in [0.25, 0.3) is 0 Å². The number of piperidine rings is 1. The third-order valence-electron chi connectivity index (χ3n) is 6.28. The van der Waals surface area contributed by atoms with Crippen LogP contribution in [0.2, 0.25) is 0 Å². The number of benzene rings is 2. The first-order valence-electron chi connectivity index (χ1n) is 11.1. The number of rotatable bonds is 8. The van der Waals surface area contributed by atoms with Gasteiger partial charge < -0.3 is 19.3 Å². The number of hydrazine groups is 1. The molecule has 2 atom stereocenters. The molecule has 2 saturated heterocycles. The lowest BCUT2D eigenvalue weighted by Gasteiger charge is -2.26. The smallest absolute Gasteiger partial charge is 0.160 e. The number of ether oxygens (including phenoxy) is 3. The van der Waals surface area contributed by atoms with Gasteiger partial charge in [0.15, 0.2) is 11.5 Å². The highest BCUT2D eigenvalue weighted by Gasteiger charge is 2.32. The van der Waals surface area contributed by atoms with Crippen molar-refractivity contribution >= 4 is 0 Å². The normalized spacial score (nSPS) is 21.7. The molecule has 2 aromatic rings. The Morgan fingerprint density at radius 1 is 1.00 bits per heavy atom. The Labute approximate surface area is 184 Å². The summed E-state index contributed by atoms with van der Waals surface area (Å²) in [7, 11) is 3.27. The molecule has 168 valence electrons. The molecular formula is C24H33N3O4. The van der Waals surface area contributed by atoms with Crippen molar-refractivity contribution in [1.29, 1.82) is 0 Å². The molecule has 0 spiro atoms. The van der Waals surface area contributed by atoms with Crippen molar-refractivity contribution in [1.82, 2.24) is 15.8 Å². The minimum absolute atomic E-state index is 0.0690. The second-order valence-corrected chi connectivity index (χ2v) is 8.20. The number of hydrogen-bond acceptors (Lipinski definition) is 7. The molecule has 31 heavy (non-hydrogen) atoms. The molecule has 7 nitrogen and oxygen atoms in total. The van der Waals surface area contributed by atoms with Crippen LogP contribution in [0.25, 0.3) is 0 Å². The predicted octanol–water partition coefficient (Wildman–Crippen LogP) is 3.21. The molecular weight excluding hydrogens is 394 g/mol. The van der Waals surface area contributed by atoms with Gasteiger partial charge in [-0.3, -0.25) is 10.3 Å². The number of hydrogen-bond donors (Lipinski definition) is 3. The van der Waals surface area contributed by atoms with Crippen LogP contribution < -0.4 is 25.1 Å². The fraction of sp³-hybridized carbons (Fsp3) is 0.500. The highest BCUT2D eigenvalue weighted by atomic mass is 16.5. The Morgan fingerprint density at radius 2 is 1.81 bits per heavy atom. The quantitative estimate of drug-likeness (QED) is 0.597. The lowest BCUT2D eigenvalue weighted by atomic mass is 9.88. The molecule has 0 aromatic heterocycles. The third kappa shape index (κ3) is 5.06. The second kappa shape index (κ2) is 10.2. The van der Waals surface area contributed by atoms with E-state index in [2.05, 4.69) is 15.8 Å². The number of aromatic hydroxyl groups is 1. The number of nitrogens with one attached hydrogen (secondary N) is 2. The zero-order chi connectivity index (χ0) is 21.6. The van der Waals surface area contributed by atoms with Crippen molar-refractivity contribution in [2.24, 2.45) is 0 Å². The van der Waals surface area contributed by atoms with Crippen LogP contribution in [0.4, 0.5) is 0 Å². The summed E-state index contributed by atoms with van der Waals surface area (Å²) in [5.41, 5.74) is 8.49. The van der Waals surface area contributed by atoms with Crippen molar-refractivity contribution in [3.63, 3.8) is 0 Å². The number of phenols is 1. The topological polar surface area (TPSA) is 75.2 Å². The van der Waals surface area contributed by atoms with Gasteiger partial charge in [-0.2, -0.15) is 0 Å². The first-order valence-corrected chi connectivity index (χ1v) is 11.1. The molecule has 0 amide bonds. The molecule has 3 N–H and O–H groups in total. The van der Waals surface area contributed by atoms with Gasteiger partial charge in [0.05, 0.1) is 20.3 Å². The lowest BCUT2D eigenvalue weighted by Crippen LogP contribution is -2.33. The van der Waals surface area contributed by atoms with E-state index in [-0.39, 0.29) is 17.7 Å². The molecule has 2 fully saturated rings. The van der Waals surface area contributed by atoms with Crippen LogP contribution >= 0.6 is 0 Å². The molecule has 0 bridgehead atoms. The monoisotopic (exact) mass is 427 g/mol. The van der Waals surface area contributed by atoms with Gasteiger partial charge >= 0.3 is 0 Å². The van der Waals surface area contributed by atoms with E-state index in [0.717, 1.165) is 37.3 Å². The Balaban J connectivity index is 1.43. The maximum Gasteiger partial charge on any atom is 0.160 e. The first kappa shape index (κ1) is 21.7. The minimum atomic E-state index is -0.0690. The summed E-state index contributed by atoms with van der Waals surface area (Å²) in [6.45, 7) is 4.62. The number of methoxy groups -OCH3 is 2. The van der Waals surface area contributed by atoms with Crippen molar-refractivity contribution in [3.05, 3.63) is 47.5 Å². The first-order chi connectivity index (χ1) is 15.2. The third-order valence-corrected chi connectivity index (χ3v) is 6.28. The van der Waals surface area contributed by atoms with Crippen LogP contribution in [0.1, 0.15) is 42.3 Å². The van der Waals surface area contributed by atoms with Crippen LogP contribution in [0.3, 0.4) is 0 Å². The summed E-state index contributed by atoms with van der Waals surface area (Å²) in [4.78, 5) is 2.44. The summed E-state index contributed by atoms with van der Waals surface area (Å²) < 4.78 is 16.7. The number of phenolic OH excluding ortho intramolecular Hbond substituents is 1. The van der Waals surface area contributed by atoms with E-state index in [9.17, 15) is 5.11 Å². The summed E-state index contributed by atoms with van der Waals surface area (Å²) >= 11 is 0. The molecule has 2 aromatic carbocycles. The molecule has 0 radical (unpaired) electrons. The molecule has 7 heteroatoms. The number of nitrogens with zero attached hydrogens (tertiary/aromatic N) is 1.